The van der Waals surface area contributed by atoms with Gasteiger partial charge in [-0.05, 0) is 6.92 Å². The molecule has 1 rings (SSSR count). The average Bonchev–Trinajstić information content (AvgIpc) is 1.91. The Morgan fingerprint density at radius 1 is 1.71 bits per heavy atom. The highest BCUT2D eigenvalue weighted by molar-refractivity contribution is 4.65. The van der Waals surface area contributed by atoms with Gasteiger partial charge in [0.25, 0.3) is 0 Å². The molecular weight excluding hydrogens is 90.1 g/mol. The van der Waals surface area contributed by atoms with Crippen LogP contribution in [0.3, 0.4) is 0 Å². The first kappa shape index (κ1) is 5.03. The lowest BCUT2D eigenvalue weighted by molar-refractivity contribution is 0.239. The second-order valence-corrected chi connectivity index (χ2v) is 1.95. The van der Waals surface area contributed by atoms with Crippen molar-refractivity contribution in [3.8, 4) is 0 Å². The summed E-state index contributed by atoms with van der Waals surface area (Å²) in [4.78, 5) is 0. The Balaban J connectivity index is 2.33. The maximum Gasteiger partial charge on any atom is 0.0364 e. The molecule has 7 heavy (non-hydrogen) atoms. The predicted octanol–water partition coefficient (Wildman–Crippen LogP) is -0.670. The van der Waals surface area contributed by atoms with Gasteiger partial charge in [0.05, 0.1) is 0 Å². The minimum Gasteiger partial charge on any atom is -0.242 e. The highest BCUT2D eigenvalue weighted by Gasteiger charge is 2.12. The summed E-state index contributed by atoms with van der Waals surface area (Å²) >= 11 is 0. The zero-order valence-electron chi connectivity index (χ0n) is 4.73. The molecule has 42 valence electrons. The zero-order chi connectivity index (χ0) is 5.28. The molecule has 0 radical (unpaired) electrons. The molecule has 3 heteroatoms. The monoisotopic (exact) mass is 101 g/mol. The maximum atomic E-state index is 3.00. The molecule has 0 aliphatic carbocycles. The van der Waals surface area contributed by atoms with Crippen molar-refractivity contribution in [1.82, 2.24) is 16.0 Å². The van der Waals surface area contributed by atoms with E-state index >= 15 is 0 Å². The summed E-state index contributed by atoms with van der Waals surface area (Å²) in [6, 6.07) is 0.625. The van der Waals surface area contributed by atoms with Gasteiger partial charge < -0.3 is 0 Å². The molecule has 0 aromatic heterocycles. The van der Waals surface area contributed by atoms with E-state index < -0.39 is 0 Å². The lowest BCUT2D eigenvalue weighted by Gasteiger charge is -2.10. The Kier molecular flexibility index (Phi) is 1.27. The van der Waals surface area contributed by atoms with Crippen LogP contribution in [0.5, 0.6) is 0 Å². The fourth-order valence-corrected chi connectivity index (χ4v) is 0.565. The lowest BCUT2D eigenvalue weighted by atomic mass is 10.4. The van der Waals surface area contributed by atoms with Gasteiger partial charge in [0, 0.05) is 19.6 Å². The molecule has 0 aromatic carbocycles. The summed E-state index contributed by atoms with van der Waals surface area (Å²) in [7, 11) is 2.02. The highest BCUT2D eigenvalue weighted by atomic mass is 15.7. The van der Waals surface area contributed by atoms with Crippen molar-refractivity contribution in [2.75, 3.05) is 13.6 Å². The zero-order valence-corrected chi connectivity index (χ0v) is 4.73. The standard InChI is InChI=1S/C4H11N3/c1-4-3-5-6-7(4)2/h4-6H,3H2,1-2H3. The minimum absolute atomic E-state index is 0.625. The van der Waals surface area contributed by atoms with Gasteiger partial charge >= 0.3 is 0 Å². The van der Waals surface area contributed by atoms with Crippen molar-refractivity contribution in [2.24, 2.45) is 0 Å². The van der Waals surface area contributed by atoms with E-state index in [1.54, 1.807) is 0 Å². The molecule has 3 nitrogen and oxygen atoms in total. The molecule has 0 bridgehead atoms. The Bertz CT molecular complexity index is 56.0. The number of hydrogen-bond donors (Lipinski definition) is 2. The quantitative estimate of drug-likeness (QED) is 0.424. The van der Waals surface area contributed by atoms with Crippen LogP contribution in [0.15, 0.2) is 0 Å². The molecule has 1 unspecified atom stereocenters. The number of nitrogens with zero attached hydrogens (tertiary/aromatic N) is 1. The van der Waals surface area contributed by atoms with E-state index in [0.29, 0.717) is 6.04 Å². The van der Waals surface area contributed by atoms with E-state index in [0.717, 1.165) is 6.54 Å². The SMILES string of the molecule is CC1CNNN1C. The molecule has 1 heterocycles. The second kappa shape index (κ2) is 1.78. The van der Waals surface area contributed by atoms with Gasteiger partial charge in [-0.3, -0.25) is 0 Å². The molecular formula is C4H11N3. The third kappa shape index (κ3) is 0.907. The van der Waals surface area contributed by atoms with E-state index in [9.17, 15) is 0 Å². The molecule has 1 aliphatic heterocycles. The Hall–Kier alpha value is -0.120. The second-order valence-electron chi connectivity index (χ2n) is 1.95. The lowest BCUT2D eigenvalue weighted by Crippen LogP contribution is -2.34. The van der Waals surface area contributed by atoms with Crippen molar-refractivity contribution >= 4 is 0 Å². The van der Waals surface area contributed by atoms with Gasteiger partial charge in [-0.2, -0.15) is 5.53 Å². The molecule has 2 N–H and O–H groups in total. The molecule has 1 saturated heterocycles. The summed E-state index contributed by atoms with van der Waals surface area (Å²) in [5.74, 6) is 0. The number of hydrazine groups is 2. The average molecular weight is 101 g/mol. The summed E-state index contributed by atoms with van der Waals surface area (Å²) in [6.45, 7) is 3.20. The smallest absolute Gasteiger partial charge is 0.0364 e. The van der Waals surface area contributed by atoms with Crippen molar-refractivity contribution in [1.29, 1.82) is 0 Å². The minimum atomic E-state index is 0.625. The van der Waals surface area contributed by atoms with Crippen molar-refractivity contribution in [3.05, 3.63) is 0 Å². The van der Waals surface area contributed by atoms with Gasteiger partial charge in [-0.15, -0.1) is 0 Å². The first-order valence-corrected chi connectivity index (χ1v) is 2.52. The largest absolute Gasteiger partial charge is 0.242 e. The van der Waals surface area contributed by atoms with Crippen molar-refractivity contribution < 1.29 is 0 Å². The van der Waals surface area contributed by atoms with E-state index in [-0.39, 0.29) is 0 Å². The fourth-order valence-electron chi connectivity index (χ4n) is 0.565. The first-order chi connectivity index (χ1) is 3.30. The van der Waals surface area contributed by atoms with Crippen LogP contribution >= 0.6 is 0 Å². The van der Waals surface area contributed by atoms with Crippen LogP contribution in [0.2, 0.25) is 0 Å². The van der Waals surface area contributed by atoms with Gasteiger partial charge in [0.2, 0.25) is 0 Å². The maximum absolute atomic E-state index is 3.00. The highest BCUT2D eigenvalue weighted by Crippen LogP contribution is 1.91. The number of rotatable bonds is 0. The van der Waals surface area contributed by atoms with E-state index in [4.69, 9.17) is 0 Å². The van der Waals surface area contributed by atoms with E-state index in [2.05, 4.69) is 17.9 Å². The van der Waals surface area contributed by atoms with Crippen LogP contribution < -0.4 is 11.0 Å². The van der Waals surface area contributed by atoms with E-state index in [1.807, 2.05) is 12.1 Å². The van der Waals surface area contributed by atoms with Crippen LogP contribution in [0.25, 0.3) is 0 Å². The molecule has 1 fully saturated rings. The van der Waals surface area contributed by atoms with E-state index in [1.165, 1.54) is 0 Å². The van der Waals surface area contributed by atoms with Gasteiger partial charge in [0.1, 0.15) is 0 Å². The van der Waals surface area contributed by atoms with Gasteiger partial charge in [-0.25, -0.2) is 10.4 Å². The first-order valence-electron chi connectivity index (χ1n) is 2.52. The Labute approximate surface area is 43.6 Å². The van der Waals surface area contributed by atoms with Gasteiger partial charge in [0.15, 0.2) is 0 Å². The van der Waals surface area contributed by atoms with Crippen molar-refractivity contribution in [3.63, 3.8) is 0 Å². The molecule has 0 saturated carbocycles. The topological polar surface area (TPSA) is 27.3 Å². The molecule has 1 aliphatic rings. The Morgan fingerprint density at radius 2 is 2.43 bits per heavy atom. The van der Waals surface area contributed by atoms with Crippen LogP contribution in [0, 0.1) is 0 Å². The Morgan fingerprint density at radius 3 is 2.57 bits per heavy atom. The molecule has 1 atom stereocenters. The predicted molar refractivity (Wildman–Crippen MR) is 28.4 cm³/mol. The summed E-state index contributed by atoms with van der Waals surface area (Å²) in [5, 5.41) is 2.04. The number of hydrogen-bond acceptors (Lipinski definition) is 3. The van der Waals surface area contributed by atoms with Crippen LogP contribution in [-0.4, -0.2) is 24.6 Å². The third-order valence-corrected chi connectivity index (χ3v) is 1.31. The molecule has 0 aromatic rings. The summed E-state index contributed by atoms with van der Waals surface area (Å²) < 4.78 is 0. The fraction of sp³-hybridized carbons (Fsp3) is 1.00. The number of nitrogens with one attached hydrogen (secondary N) is 2. The third-order valence-electron chi connectivity index (χ3n) is 1.31. The number of likely N-dealkylation sites (N-methyl/N-ethyl adjacent to an activating group) is 1. The van der Waals surface area contributed by atoms with Crippen molar-refractivity contribution in [2.45, 2.75) is 13.0 Å². The van der Waals surface area contributed by atoms with Crippen LogP contribution in [0.4, 0.5) is 0 Å². The molecule has 0 spiro atoms. The van der Waals surface area contributed by atoms with Gasteiger partial charge in [-0.1, -0.05) is 0 Å². The molecule has 0 amide bonds. The van der Waals surface area contributed by atoms with Crippen LogP contribution in [0.1, 0.15) is 6.92 Å². The van der Waals surface area contributed by atoms with Crippen LogP contribution in [-0.2, 0) is 0 Å². The normalized spacial score (nSPS) is 34.3. The summed E-state index contributed by atoms with van der Waals surface area (Å²) in [5.41, 5.74) is 5.95. The summed E-state index contributed by atoms with van der Waals surface area (Å²) in [6.07, 6.45) is 0.